The number of rotatable bonds is 5. The first-order chi connectivity index (χ1) is 17.1. The topological polar surface area (TPSA) is 78.5 Å². The number of nitrogens with one attached hydrogen (secondary N) is 2. The molecular formula is C27H24F3N3O3. The number of hydrogen-bond acceptors (Lipinski definition) is 3. The number of carbonyl (C=O) groups is 3. The molecule has 6 nitrogen and oxygen atoms in total. The molecule has 0 unspecified atom stereocenters. The summed E-state index contributed by atoms with van der Waals surface area (Å²) in [6.45, 7) is 1.20. The Balaban J connectivity index is 1.50. The van der Waals surface area contributed by atoms with Crippen molar-refractivity contribution in [1.82, 2.24) is 10.6 Å². The van der Waals surface area contributed by atoms with E-state index in [4.69, 9.17) is 0 Å². The van der Waals surface area contributed by atoms with Gasteiger partial charge in [-0.15, -0.1) is 0 Å². The quantitative estimate of drug-likeness (QED) is 0.513. The monoisotopic (exact) mass is 495 g/mol. The zero-order valence-electron chi connectivity index (χ0n) is 19.6. The van der Waals surface area contributed by atoms with Crippen molar-refractivity contribution in [1.29, 1.82) is 0 Å². The van der Waals surface area contributed by atoms with Gasteiger partial charge in [0.25, 0.3) is 5.91 Å². The van der Waals surface area contributed by atoms with Crippen molar-refractivity contribution >= 4 is 23.4 Å². The number of para-hydroxylation sites is 1. The Kier molecular flexibility index (Phi) is 6.83. The average Bonchev–Trinajstić information content (AvgIpc) is 2.96. The van der Waals surface area contributed by atoms with Crippen LogP contribution in [0.5, 0.6) is 0 Å². The molecule has 3 aromatic rings. The van der Waals surface area contributed by atoms with E-state index in [2.05, 4.69) is 10.6 Å². The van der Waals surface area contributed by atoms with E-state index in [-0.39, 0.29) is 18.0 Å². The van der Waals surface area contributed by atoms with Crippen molar-refractivity contribution in [2.75, 3.05) is 11.9 Å². The Morgan fingerprint density at radius 1 is 0.944 bits per heavy atom. The fourth-order valence-electron chi connectivity index (χ4n) is 4.16. The van der Waals surface area contributed by atoms with E-state index in [1.165, 1.54) is 24.0 Å². The molecule has 4 rings (SSSR count). The summed E-state index contributed by atoms with van der Waals surface area (Å²) in [7, 11) is 1.62. The van der Waals surface area contributed by atoms with Crippen LogP contribution in [-0.4, -0.2) is 24.8 Å². The van der Waals surface area contributed by atoms with Crippen LogP contribution in [0.25, 0.3) is 11.1 Å². The highest BCUT2D eigenvalue weighted by Gasteiger charge is 2.35. The number of halogens is 3. The molecule has 36 heavy (non-hydrogen) atoms. The number of likely N-dealkylation sites (N-methyl/N-ethyl adjacent to an activating group) is 1. The molecule has 0 aliphatic carbocycles. The maximum Gasteiger partial charge on any atom is 0.416 e. The Hall–Kier alpha value is -4.14. The standard InChI is InChI=1S/C27H24F3N3O3/c1-16(24(34)31-15-17-8-7-9-18(14-17)27(28,29)30)25(35)32-23-21-12-4-3-10-19(21)20-11-5-6-13-22(20)33(2)26(23)36/h3-14,16,23H,15H2,1-2H3,(H,31,34)(H,32,35)/t16-,23-/m1/s1. The molecule has 2 N–H and O–H groups in total. The van der Waals surface area contributed by atoms with Crippen molar-refractivity contribution in [2.45, 2.75) is 25.7 Å². The van der Waals surface area contributed by atoms with Gasteiger partial charge in [0.05, 0.1) is 11.3 Å². The molecule has 1 aliphatic rings. The van der Waals surface area contributed by atoms with E-state index in [1.54, 1.807) is 19.2 Å². The molecule has 0 saturated carbocycles. The maximum atomic E-state index is 13.3. The van der Waals surface area contributed by atoms with Crippen molar-refractivity contribution < 1.29 is 27.6 Å². The minimum absolute atomic E-state index is 0.177. The van der Waals surface area contributed by atoms with Crippen LogP contribution in [0.4, 0.5) is 18.9 Å². The predicted octanol–water partition coefficient (Wildman–Crippen LogP) is 4.46. The highest BCUT2D eigenvalue weighted by molar-refractivity contribution is 6.07. The number of hydrogen-bond donors (Lipinski definition) is 2. The molecule has 1 aliphatic heterocycles. The second-order valence-electron chi connectivity index (χ2n) is 8.58. The van der Waals surface area contributed by atoms with Gasteiger partial charge >= 0.3 is 6.18 Å². The smallest absolute Gasteiger partial charge is 0.351 e. The fraction of sp³-hybridized carbons (Fsp3) is 0.222. The number of alkyl halides is 3. The van der Waals surface area contributed by atoms with E-state index in [0.717, 1.165) is 23.3 Å². The van der Waals surface area contributed by atoms with E-state index >= 15 is 0 Å². The molecule has 3 aromatic carbocycles. The average molecular weight is 496 g/mol. The first kappa shape index (κ1) is 25.0. The van der Waals surface area contributed by atoms with Gasteiger partial charge in [-0.1, -0.05) is 54.6 Å². The minimum atomic E-state index is -4.50. The summed E-state index contributed by atoms with van der Waals surface area (Å²) in [4.78, 5) is 40.4. The van der Waals surface area contributed by atoms with Crippen LogP contribution in [0, 0.1) is 5.92 Å². The van der Waals surface area contributed by atoms with Crippen LogP contribution in [0.15, 0.2) is 72.8 Å². The lowest BCUT2D eigenvalue weighted by atomic mass is 9.95. The Bertz CT molecular complexity index is 1320. The van der Waals surface area contributed by atoms with Crippen LogP contribution in [0.3, 0.4) is 0 Å². The van der Waals surface area contributed by atoms with Crippen molar-refractivity contribution in [3.8, 4) is 11.1 Å². The van der Waals surface area contributed by atoms with Gasteiger partial charge in [0.2, 0.25) is 11.8 Å². The van der Waals surface area contributed by atoms with Crippen LogP contribution in [0.2, 0.25) is 0 Å². The number of benzene rings is 3. The number of anilines is 1. The van der Waals surface area contributed by atoms with Gasteiger partial charge in [-0.2, -0.15) is 13.2 Å². The molecule has 0 radical (unpaired) electrons. The zero-order chi connectivity index (χ0) is 26.0. The lowest BCUT2D eigenvalue weighted by Crippen LogP contribution is -2.45. The summed E-state index contributed by atoms with van der Waals surface area (Å²) in [5.41, 5.74) is 2.35. The Labute approximate surface area is 206 Å². The Morgan fingerprint density at radius 3 is 2.33 bits per heavy atom. The Morgan fingerprint density at radius 2 is 1.61 bits per heavy atom. The first-order valence-corrected chi connectivity index (χ1v) is 11.3. The highest BCUT2D eigenvalue weighted by Crippen LogP contribution is 2.39. The second kappa shape index (κ2) is 9.85. The lowest BCUT2D eigenvalue weighted by molar-refractivity contribution is -0.137. The summed E-state index contributed by atoms with van der Waals surface area (Å²) >= 11 is 0. The number of nitrogens with zero attached hydrogens (tertiary/aromatic N) is 1. The minimum Gasteiger partial charge on any atom is -0.351 e. The number of amides is 3. The van der Waals surface area contributed by atoms with Gasteiger partial charge in [0.15, 0.2) is 0 Å². The summed E-state index contributed by atoms with van der Waals surface area (Å²) in [5.74, 6) is -2.90. The molecule has 3 amide bonds. The number of carbonyl (C=O) groups excluding carboxylic acids is 3. The molecule has 0 saturated heterocycles. The molecular weight excluding hydrogens is 471 g/mol. The third-order valence-corrected chi connectivity index (χ3v) is 6.20. The predicted molar refractivity (Wildman–Crippen MR) is 129 cm³/mol. The summed E-state index contributed by atoms with van der Waals surface area (Å²) < 4.78 is 38.8. The lowest BCUT2D eigenvalue weighted by Gasteiger charge is -2.24. The maximum absolute atomic E-state index is 13.3. The van der Waals surface area contributed by atoms with Crippen LogP contribution < -0.4 is 15.5 Å². The zero-order valence-corrected chi connectivity index (χ0v) is 19.6. The van der Waals surface area contributed by atoms with Gasteiger partial charge in [-0.25, -0.2) is 0 Å². The second-order valence-corrected chi connectivity index (χ2v) is 8.58. The van der Waals surface area contributed by atoms with E-state index in [9.17, 15) is 27.6 Å². The third kappa shape index (κ3) is 4.95. The van der Waals surface area contributed by atoms with Gasteiger partial charge in [-0.05, 0) is 41.8 Å². The van der Waals surface area contributed by atoms with Crippen molar-refractivity contribution in [3.63, 3.8) is 0 Å². The summed E-state index contributed by atoms with van der Waals surface area (Å²) in [5, 5.41) is 5.20. The first-order valence-electron chi connectivity index (χ1n) is 11.3. The van der Waals surface area contributed by atoms with Crippen LogP contribution in [0.1, 0.15) is 29.7 Å². The normalized spacial score (nSPS) is 15.9. The molecule has 186 valence electrons. The molecule has 0 fully saturated rings. The van der Waals surface area contributed by atoms with E-state index < -0.39 is 35.5 Å². The molecule has 9 heteroatoms. The summed E-state index contributed by atoms with van der Waals surface area (Å²) in [6.07, 6.45) is -4.50. The summed E-state index contributed by atoms with van der Waals surface area (Å²) in [6, 6.07) is 18.2. The largest absolute Gasteiger partial charge is 0.416 e. The van der Waals surface area contributed by atoms with Crippen molar-refractivity contribution in [3.05, 3.63) is 89.5 Å². The molecule has 1 heterocycles. The van der Waals surface area contributed by atoms with Gasteiger partial charge < -0.3 is 15.5 Å². The number of fused-ring (bicyclic) bond motifs is 3. The molecule has 0 spiro atoms. The SMILES string of the molecule is C[C@H](C(=O)NCc1cccc(C(F)(F)F)c1)C(=O)N[C@H]1C(=O)N(C)c2ccccc2-c2ccccc21. The molecule has 0 aromatic heterocycles. The van der Waals surface area contributed by atoms with Crippen LogP contribution in [-0.2, 0) is 27.1 Å². The van der Waals surface area contributed by atoms with Crippen molar-refractivity contribution in [2.24, 2.45) is 5.92 Å². The van der Waals surface area contributed by atoms with Gasteiger partial charge in [-0.3, -0.25) is 14.4 Å². The molecule has 2 atom stereocenters. The fourth-order valence-corrected chi connectivity index (χ4v) is 4.16. The van der Waals surface area contributed by atoms with E-state index in [0.29, 0.717) is 11.3 Å². The van der Waals surface area contributed by atoms with Gasteiger partial charge in [0.1, 0.15) is 12.0 Å². The molecule has 0 bridgehead atoms. The van der Waals surface area contributed by atoms with Crippen LogP contribution >= 0.6 is 0 Å². The van der Waals surface area contributed by atoms with E-state index in [1.807, 2.05) is 36.4 Å². The highest BCUT2D eigenvalue weighted by atomic mass is 19.4. The third-order valence-electron chi connectivity index (χ3n) is 6.20. The van der Waals surface area contributed by atoms with Gasteiger partial charge in [0, 0.05) is 19.2 Å².